The smallest absolute Gasteiger partial charge is 0.391 e. The molecule has 8 heteroatoms. The SMILES string of the molecule is COC(=O)c1ccc(C2(NC(=O)[Si](OC(=O)[C@H](OC)c3ccccc3)C3CCC3)CC2)cc1. The molecule has 7 nitrogen and oxygen atoms in total. The van der Waals surface area contributed by atoms with Gasteiger partial charge in [0, 0.05) is 7.11 Å². The second-order valence-corrected chi connectivity index (χ2v) is 10.7. The van der Waals surface area contributed by atoms with Crippen LogP contribution in [0.15, 0.2) is 54.6 Å². The molecule has 1 N–H and O–H groups in total. The summed E-state index contributed by atoms with van der Waals surface area (Å²) in [5, 5.41) is 3.17. The minimum Gasteiger partial charge on any atom is -0.505 e. The second kappa shape index (κ2) is 9.89. The van der Waals surface area contributed by atoms with Crippen molar-refractivity contribution >= 4 is 26.5 Å². The summed E-state index contributed by atoms with van der Waals surface area (Å²) in [6.45, 7) is 0. The summed E-state index contributed by atoms with van der Waals surface area (Å²) >= 11 is 0. The van der Waals surface area contributed by atoms with E-state index in [4.69, 9.17) is 13.9 Å². The van der Waals surface area contributed by atoms with E-state index in [2.05, 4.69) is 5.32 Å². The first-order valence-electron chi connectivity index (χ1n) is 11.1. The average Bonchev–Trinajstić information content (AvgIpc) is 3.58. The third-order valence-electron chi connectivity index (χ3n) is 6.42. The van der Waals surface area contributed by atoms with Gasteiger partial charge in [-0.1, -0.05) is 48.9 Å². The molecule has 2 aliphatic carbocycles. The Bertz CT molecular complexity index is 1000. The predicted octanol–water partition coefficient (Wildman–Crippen LogP) is 4.23. The molecule has 0 spiro atoms. The van der Waals surface area contributed by atoms with Crippen LogP contribution in [0, 0.1) is 0 Å². The van der Waals surface area contributed by atoms with E-state index in [1.54, 1.807) is 12.1 Å². The Kier molecular flexibility index (Phi) is 6.95. The van der Waals surface area contributed by atoms with Gasteiger partial charge in [-0.15, -0.1) is 0 Å². The minimum atomic E-state index is -2.10. The van der Waals surface area contributed by atoms with Gasteiger partial charge in [0.15, 0.2) is 6.10 Å². The minimum absolute atomic E-state index is 0.102. The Balaban J connectivity index is 1.47. The highest BCUT2D eigenvalue weighted by Gasteiger charge is 2.50. The number of nitrogens with one attached hydrogen (secondary N) is 1. The number of carbonyl (C=O) groups is 3. The fourth-order valence-corrected chi connectivity index (χ4v) is 6.33. The van der Waals surface area contributed by atoms with Gasteiger partial charge in [0.25, 0.3) is 0 Å². The van der Waals surface area contributed by atoms with Crippen LogP contribution < -0.4 is 5.32 Å². The van der Waals surface area contributed by atoms with E-state index in [1.165, 1.54) is 14.2 Å². The van der Waals surface area contributed by atoms with Crippen molar-refractivity contribution < 1.29 is 28.3 Å². The first-order valence-corrected chi connectivity index (χ1v) is 12.6. The number of benzene rings is 2. The lowest BCUT2D eigenvalue weighted by Gasteiger charge is -2.32. The Morgan fingerprint density at radius 3 is 2.18 bits per heavy atom. The zero-order valence-corrected chi connectivity index (χ0v) is 19.8. The van der Waals surface area contributed by atoms with Crippen LogP contribution in [-0.4, -0.2) is 40.7 Å². The average molecular weight is 467 g/mol. The zero-order valence-electron chi connectivity index (χ0n) is 18.8. The Morgan fingerprint density at radius 2 is 1.67 bits per heavy atom. The molecule has 0 heterocycles. The van der Waals surface area contributed by atoms with Gasteiger partial charge < -0.3 is 19.2 Å². The first kappa shape index (κ1) is 23.2. The Hall–Kier alpha value is -2.97. The molecule has 0 aliphatic heterocycles. The van der Waals surface area contributed by atoms with Crippen LogP contribution in [0.3, 0.4) is 0 Å². The quantitative estimate of drug-likeness (QED) is 0.439. The van der Waals surface area contributed by atoms with Crippen LogP contribution in [0.2, 0.25) is 5.54 Å². The molecule has 0 unspecified atom stereocenters. The molecule has 0 bridgehead atoms. The summed E-state index contributed by atoms with van der Waals surface area (Å²) in [6, 6.07) is 16.2. The number of amides is 1. The summed E-state index contributed by atoms with van der Waals surface area (Å²) in [7, 11) is 0.704. The number of ether oxygens (including phenoxy) is 2. The zero-order chi connectivity index (χ0) is 23.4. The molecule has 33 heavy (non-hydrogen) atoms. The van der Waals surface area contributed by atoms with Gasteiger partial charge >= 0.3 is 21.0 Å². The lowest BCUT2D eigenvalue weighted by atomic mass is 10.00. The van der Waals surface area contributed by atoms with Crippen LogP contribution >= 0.6 is 0 Å². The molecular formula is C25H28NO6Si. The van der Waals surface area contributed by atoms with E-state index >= 15 is 0 Å². The Labute approximate surface area is 195 Å². The van der Waals surface area contributed by atoms with Gasteiger partial charge in [0.1, 0.15) is 0 Å². The fourth-order valence-electron chi connectivity index (χ4n) is 4.08. The normalized spacial score (nSPS) is 17.5. The summed E-state index contributed by atoms with van der Waals surface area (Å²) < 4.78 is 16.0. The lowest BCUT2D eigenvalue weighted by molar-refractivity contribution is -0.146. The number of carbonyl (C=O) groups excluding carboxylic acids is 3. The van der Waals surface area contributed by atoms with Gasteiger partial charge in [-0.3, -0.25) is 9.59 Å². The number of rotatable bonds is 9. The van der Waals surface area contributed by atoms with Crippen molar-refractivity contribution in [3.8, 4) is 0 Å². The first-order chi connectivity index (χ1) is 16.0. The monoisotopic (exact) mass is 466 g/mol. The highest BCUT2D eigenvalue weighted by atomic mass is 28.3. The van der Waals surface area contributed by atoms with Crippen molar-refractivity contribution in [2.24, 2.45) is 0 Å². The van der Waals surface area contributed by atoms with Crippen LogP contribution in [0.5, 0.6) is 0 Å². The van der Waals surface area contributed by atoms with Crippen LogP contribution in [0.1, 0.15) is 59.7 Å². The highest BCUT2D eigenvalue weighted by Crippen LogP contribution is 2.46. The lowest BCUT2D eigenvalue weighted by Crippen LogP contribution is -2.49. The van der Waals surface area contributed by atoms with E-state index < -0.39 is 32.6 Å². The third-order valence-corrected chi connectivity index (χ3v) is 8.74. The maximum absolute atomic E-state index is 13.4. The maximum Gasteiger partial charge on any atom is 0.391 e. The van der Waals surface area contributed by atoms with Gasteiger partial charge in [0.05, 0.1) is 18.2 Å². The molecule has 1 amide bonds. The van der Waals surface area contributed by atoms with Crippen LogP contribution in [-0.2, 0) is 24.2 Å². The topological polar surface area (TPSA) is 90.9 Å². The van der Waals surface area contributed by atoms with Crippen molar-refractivity contribution in [2.45, 2.75) is 49.3 Å². The molecule has 2 aliphatic rings. The number of esters is 1. The van der Waals surface area contributed by atoms with E-state index in [-0.39, 0.29) is 11.1 Å². The molecule has 2 aromatic rings. The van der Waals surface area contributed by atoms with Crippen molar-refractivity contribution in [1.29, 1.82) is 0 Å². The number of hydrogen-bond donors (Lipinski definition) is 1. The molecule has 0 saturated heterocycles. The largest absolute Gasteiger partial charge is 0.505 e. The number of methoxy groups -OCH3 is 2. The molecule has 4 rings (SSSR count). The Morgan fingerprint density at radius 1 is 1.00 bits per heavy atom. The molecule has 0 aromatic heterocycles. The molecule has 173 valence electrons. The molecule has 1 radical (unpaired) electrons. The maximum atomic E-state index is 13.4. The van der Waals surface area contributed by atoms with Crippen molar-refractivity contribution in [1.82, 2.24) is 5.32 Å². The molecule has 2 aromatic carbocycles. The van der Waals surface area contributed by atoms with Crippen molar-refractivity contribution in [3.63, 3.8) is 0 Å². The van der Waals surface area contributed by atoms with E-state index in [9.17, 15) is 14.4 Å². The molecule has 1 atom stereocenters. The summed E-state index contributed by atoms with van der Waals surface area (Å²) in [5.41, 5.74) is 1.54. The fraction of sp³-hybridized carbons (Fsp3) is 0.400. The molecule has 2 fully saturated rings. The van der Waals surface area contributed by atoms with Gasteiger partial charge in [-0.25, -0.2) is 4.79 Å². The van der Waals surface area contributed by atoms with E-state index in [0.717, 1.165) is 37.7 Å². The summed E-state index contributed by atoms with van der Waals surface area (Å²) in [6.07, 6.45) is 3.55. The van der Waals surface area contributed by atoms with Crippen molar-refractivity contribution in [3.05, 3.63) is 71.3 Å². The summed E-state index contributed by atoms with van der Waals surface area (Å²) in [4.78, 5) is 38.0. The van der Waals surface area contributed by atoms with Crippen LogP contribution in [0.4, 0.5) is 4.79 Å². The standard InChI is InChI=1S/C25H28NO6Si/c1-30-21(17-7-4-3-5-8-17)23(28)32-33(20-9-6-10-20)24(29)26-25(15-16-25)19-13-11-18(12-14-19)22(27)31-2/h3-5,7-8,11-14,20-21H,6,9-10,15-16H2,1-2H3,(H,26,29)/t21-/m1/s1. The second-order valence-electron chi connectivity index (χ2n) is 8.54. The molecular weight excluding hydrogens is 438 g/mol. The van der Waals surface area contributed by atoms with E-state index in [1.807, 2.05) is 42.5 Å². The predicted molar refractivity (Wildman–Crippen MR) is 123 cm³/mol. The van der Waals surface area contributed by atoms with Gasteiger partial charge in [0.2, 0.25) is 5.53 Å². The van der Waals surface area contributed by atoms with Crippen molar-refractivity contribution in [2.75, 3.05) is 14.2 Å². The van der Waals surface area contributed by atoms with Gasteiger partial charge in [-0.2, -0.15) is 0 Å². The van der Waals surface area contributed by atoms with Crippen LogP contribution in [0.25, 0.3) is 0 Å². The highest BCUT2D eigenvalue weighted by molar-refractivity contribution is 6.87. The summed E-state index contributed by atoms with van der Waals surface area (Å²) in [5.74, 6) is -0.921. The molecule has 2 saturated carbocycles. The van der Waals surface area contributed by atoms with E-state index in [0.29, 0.717) is 11.1 Å². The van der Waals surface area contributed by atoms with Gasteiger partial charge in [-0.05, 0) is 54.5 Å². The third kappa shape index (κ3) is 5.01. The number of hydrogen-bond acceptors (Lipinski definition) is 6.